The summed E-state index contributed by atoms with van der Waals surface area (Å²) in [6.07, 6.45) is 0. The zero-order valence-corrected chi connectivity index (χ0v) is 17.5. The van der Waals surface area contributed by atoms with E-state index < -0.39 is 0 Å². The Morgan fingerprint density at radius 3 is 2.59 bits per heavy atom. The van der Waals surface area contributed by atoms with Crippen molar-refractivity contribution in [2.75, 3.05) is 10.6 Å². The Balaban J connectivity index is 1.47. The third kappa shape index (κ3) is 6.10. The van der Waals surface area contributed by atoms with Crippen molar-refractivity contribution in [2.24, 2.45) is 0 Å². The first kappa shape index (κ1) is 19.9. The van der Waals surface area contributed by atoms with Gasteiger partial charge in [0.2, 0.25) is 5.13 Å². The number of halogens is 2. The molecule has 3 rings (SSSR count). The predicted molar refractivity (Wildman–Crippen MR) is 115 cm³/mol. The lowest BCUT2D eigenvalue weighted by molar-refractivity contribution is 0.262. The van der Waals surface area contributed by atoms with Gasteiger partial charge >= 0.3 is 6.03 Å². The van der Waals surface area contributed by atoms with Crippen molar-refractivity contribution < 1.29 is 4.79 Å². The summed E-state index contributed by atoms with van der Waals surface area (Å²) in [6.45, 7) is 1.99. The molecule has 140 valence electrons. The standard InChI is InChI=1S/C18H16Cl2N4OS2/c1-11-2-6-14(7-3-11)21-17(25)22-18-24-23-16(27-18)10-26-9-12-4-5-13(19)8-15(12)20/h2-8H,9-10H2,1H3,(H2,21,22,24,25). The number of nitrogens with zero attached hydrogens (tertiary/aromatic N) is 2. The van der Waals surface area contributed by atoms with Gasteiger partial charge in [0.05, 0.1) is 0 Å². The van der Waals surface area contributed by atoms with Gasteiger partial charge in [-0.25, -0.2) is 4.79 Å². The maximum absolute atomic E-state index is 12.0. The van der Waals surface area contributed by atoms with Crippen molar-refractivity contribution in [1.82, 2.24) is 10.2 Å². The SMILES string of the molecule is Cc1ccc(NC(=O)Nc2nnc(CSCc3ccc(Cl)cc3Cl)s2)cc1. The van der Waals surface area contributed by atoms with Gasteiger partial charge in [0.25, 0.3) is 0 Å². The van der Waals surface area contributed by atoms with Gasteiger partial charge in [-0.1, -0.05) is 58.3 Å². The summed E-state index contributed by atoms with van der Waals surface area (Å²) in [5, 5.41) is 16.1. The second-order valence-corrected chi connectivity index (χ2v) is 8.57. The molecule has 2 aromatic carbocycles. The number of thioether (sulfide) groups is 1. The maximum atomic E-state index is 12.0. The van der Waals surface area contributed by atoms with Crippen LogP contribution in [0.3, 0.4) is 0 Å². The van der Waals surface area contributed by atoms with Gasteiger partial charge in [-0.3, -0.25) is 5.32 Å². The predicted octanol–water partition coefficient (Wildman–Crippen LogP) is 6.23. The van der Waals surface area contributed by atoms with E-state index >= 15 is 0 Å². The van der Waals surface area contributed by atoms with Crippen molar-refractivity contribution in [3.05, 3.63) is 68.6 Å². The van der Waals surface area contributed by atoms with Crippen LogP contribution in [0.1, 0.15) is 16.1 Å². The number of amides is 2. The fraction of sp³-hybridized carbons (Fsp3) is 0.167. The van der Waals surface area contributed by atoms with E-state index in [0.717, 1.165) is 27.6 Å². The monoisotopic (exact) mass is 438 g/mol. The molecule has 2 N–H and O–H groups in total. The van der Waals surface area contributed by atoms with Gasteiger partial charge in [-0.15, -0.1) is 22.0 Å². The van der Waals surface area contributed by atoms with E-state index in [2.05, 4.69) is 20.8 Å². The van der Waals surface area contributed by atoms with Crippen LogP contribution in [0.25, 0.3) is 0 Å². The van der Waals surface area contributed by atoms with E-state index in [9.17, 15) is 4.79 Å². The highest BCUT2D eigenvalue weighted by Gasteiger charge is 2.09. The minimum Gasteiger partial charge on any atom is -0.308 e. The van der Waals surface area contributed by atoms with Crippen molar-refractivity contribution >= 4 is 63.2 Å². The highest BCUT2D eigenvalue weighted by atomic mass is 35.5. The average Bonchev–Trinajstić information content (AvgIpc) is 3.06. The smallest absolute Gasteiger partial charge is 0.308 e. The van der Waals surface area contributed by atoms with Crippen LogP contribution < -0.4 is 10.6 Å². The number of carbonyl (C=O) groups excluding carboxylic acids is 1. The van der Waals surface area contributed by atoms with Gasteiger partial charge in [0.15, 0.2) is 0 Å². The first-order valence-electron chi connectivity index (χ1n) is 7.98. The minimum absolute atomic E-state index is 0.345. The normalized spacial score (nSPS) is 10.6. The van der Waals surface area contributed by atoms with E-state index in [1.54, 1.807) is 17.8 Å². The van der Waals surface area contributed by atoms with Crippen LogP contribution in [-0.4, -0.2) is 16.2 Å². The largest absolute Gasteiger partial charge is 0.325 e. The summed E-state index contributed by atoms with van der Waals surface area (Å²) in [5.74, 6) is 1.42. The fourth-order valence-corrected chi connectivity index (χ4v) is 4.52. The third-order valence-corrected chi connectivity index (χ3v) is 6.10. The summed E-state index contributed by atoms with van der Waals surface area (Å²) >= 11 is 15.1. The Kier molecular flexibility index (Phi) is 6.95. The number of urea groups is 1. The third-order valence-electron chi connectivity index (χ3n) is 3.49. The number of benzene rings is 2. The molecular weight excluding hydrogens is 423 g/mol. The van der Waals surface area contributed by atoms with Gasteiger partial charge in [-0.2, -0.15) is 0 Å². The number of nitrogens with one attached hydrogen (secondary N) is 2. The molecule has 0 bridgehead atoms. The van der Waals surface area contributed by atoms with E-state index in [1.807, 2.05) is 43.3 Å². The van der Waals surface area contributed by atoms with E-state index in [0.29, 0.717) is 20.9 Å². The summed E-state index contributed by atoms with van der Waals surface area (Å²) in [4.78, 5) is 12.0. The number of aryl methyl sites for hydroxylation is 1. The number of hydrogen-bond acceptors (Lipinski definition) is 5. The molecule has 0 spiro atoms. The first-order valence-corrected chi connectivity index (χ1v) is 10.7. The van der Waals surface area contributed by atoms with E-state index in [1.165, 1.54) is 11.3 Å². The van der Waals surface area contributed by atoms with Crippen molar-refractivity contribution in [3.63, 3.8) is 0 Å². The van der Waals surface area contributed by atoms with E-state index in [4.69, 9.17) is 23.2 Å². The molecule has 2 amide bonds. The zero-order chi connectivity index (χ0) is 19.2. The molecule has 0 unspecified atom stereocenters. The molecule has 0 aliphatic rings. The zero-order valence-electron chi connectivity index (χ0n) is 14.3. The second kappa shape index (κ2) is 9.41. The molecule has 27 heavy (non-hydrogen) atoms. The highest BCUT2D eigenvalue weighted by molar-refractivity contribution is 7.97. The van der Waals surface area contributed by atoms with Crippen molar-refractivity contribution in [1.29, 1.82) is 0 Å². The summed E-state index contributed by atoms with van der Waals surface area (Å²) in [6, 6.07) is 12.7. The first-order chi connectivity index (χ1) is 13.0. The van der Waals surface area contributed by atoms with Gasteiger partial charge in [-0.05, 0) is 36.8 Å². The lowest BCUT2D eigenvalue weighted by atomic mass is 10.2. The lowest BCUT2D eigenvalue weighted by Crippen LogP contribution is -2.19. The molecule has 0 radical (unpaired) electrons. The van der Waals surface area contributed by atoms with Crippen molar-refractivity contribution in [2.45, 2.75) is 18.4 Å². The second-order valence-electron chi connectivity index (χ2n) is 5.67. The molecule has 0 aliphatic carbocycles. The average molecular weight is 439 g/mol. The fourth-order valence-electron chi connectivity index (χ4n) is 2.15. The van der Waals surface area contributed by atoms with Crippen molar-refractivity contribution in [3.8, 4) is 0 Å². The Labute approximate surface area is 175 Å². The Morgan fingerprint density at radius 2 is 1.85 bits per heavy atom. The molecule has 5 nitrogen and oxygen atoms in total. The molecule has 0 fully saturated rings. The lowest BCUT2D eigenvalue weighted by Gasteiger charge is -2.05. The Bertz CT molecular complexity index is 931. The molecule has 1 aromatic heterocycles. The molecule has 0 aliphatic heterocycles. The summed E-state index contributed by atoms with van der Waals surface area (Å²) in [5.41, 5.74) is 2.87. The maximum Gasteiger partial charge on any atom is 0.325 e. The summed E-state index contributed by atoms with van der Waals surface area (Å²) < 4.78 is 0. The van der Waals surface area contributed by atoms with Gasteiger partial charge in [0.1, 0.15) is 5.01 Å². The molecule has 0 saturated carbocycles. The number of carbonyl (C=O) groups is 1. The van der Waals surface area contributed by atoms with Crippen LogP contribution in [0.4, 0.5) is 15.6 Å². The Hall–Kier alpha value is -1.80. The minimum atomic E-state index is -0.345. The number of hydrogen-bond donors (Lipinski definition) is 2. The van der Waals surface area contributed by atoms with Crippen LogP contribution in [-0.2, 0) is 11.5 Å². The molecular formula is C18H16Cl2N4OS2. The topological polar surface area (TPSA) is 66.9 Å². The van der Waals surface area contributed by atoms with Crippen LogP contribution in [0.2, 0.25) is 10.0 Å². The quantitative estimate of drug-likeness (QED) is 0.478. The molecule has 0 saturated heterocycles. The molecule has 0 atom stereocenters. The summed E-state index contributed by atoms with van der Waals surface area (Å²) in [7, 11) is 0. The molecule has 1 heterocycles. The molecule has 9 heteroatoms. The molecule has 3 aromatic rings. The van der Waals surface area contributed by atoms with Gasteiger partial charge < -0.3 is 5.32 Å². The highest BCUT2D eigenvalue weighted by Crippen LogP contribution is 2.27. The number of rotatable bonds is 6. The number of anilines is 2. The van der Waals surface area contributed by atoms with Crippen LogP contribution in [0, 0.1) is 6.92 Å². The van der Waals surface area contributed by atoms with Crippen LogP contribution in [0.15, 0.2) is 42.5 Å². The van der Waals surface area contributed by atoms with Crippen LogP contribution in [0.5, 0.6) is 0 Å². The number of aromatic nitrogens is 2. The Morgan fingerprint density at radius 1 is 1.07 bits per heavy atom. The van der Waals surface area contributed by atoms with Gasteiger partial charge in [0, 0.05) is 27.2 Å². The van der Waals surface area contributed by atoms with E-state index in [-0.39, 0.29) is 6.03 Å². The van der Waals surface area contributed by atoms with Crippen LogP contribution >= 0.6 is 46.3 Å².